The van der Waals surface area contributed by atoms with E-state index in [9.17, 15) is 4.79 Å². The number of rotatable bonds is 4. The van der Waals surface area contributed by atoms with Gasteiger partial charge in [0.15, 0.2) is 0 Å². The molecule has 1 aromatic heterocycles. The van der Waals surface area contributed by atoms with Crippen LogP contribution in [0.2, 0.25) is 0 Å². The number of hydrogen-bond acceptors (Lipinski definition) is 3. The summed E-state index contributed by atoms with van der Waals surface area (Å²) in [5.74, 6) is -0.920. The average molecular weight is 245 g/mol. The lowest BCUT2D eigenvalue weighted by molar-refractivity contribution is 0.0697. The molecule has 94 valence electrons. The first-order chi connectivity index (χ1) is 8.56. The van der Waals surface area contributed by atoms with E-state index < -0.39 is 5.97 Å². The van der Waals surface area contributed by atoms with E-state index in [0.29, 0.717) is 6.54 Å². The summed E-state index contributed by atoms with van der Waals surface area (Å²) in [5, 5.41) is 16.4. The lowest BCUT2D eigenvalue weighted by Crippen LogP contribution is -2.04. The highest BCUT2D eigenvalue weighted by Gasteiger charge is 2.06. The number of nitrogens with one attached hydrogen (secondary N) is 1. The smallest absolute Gasteiger partial charge is 0.335 e. The number of benzene rings is 1. The van der Waals surface area contributed by atoms with Gasteiger partial charge in [-0.2, -0.15) is 5.10 Å². The first-order valence-electron chi connectivity index (χ1n) is 5.62. The fraction of sp³-hybridized carbons (Fsp3) is 0.231. The van der Waals surface area contributed by atoms with Gasteiger partial charge in [-0.3, -0.25) is 4.68 Å². The van der Waals surface area contributed by atoms with E-state index in [0.717, 1.165) is 16.9 Å². The molecule has 2 rings (SSSR count). The zero-order valence-electron chi connectivity index (χ0n) is 10.3. The molecule has 0 spiro atoms. The van der Waals surface area contributed by atoms with Crippen LogP contribution < -0.4 is 5.32 Å². The maximum atomic E-state index is 10.9. The van der Waals surface area contributed by atoms with E-state index in [1.165, 1.54) is 0 Å². The third-order valence-corrected chi connectivity index (χ3v) is 2.71. The Morgan fingerprint density at radius 3 is 2.83 bits per heavy atom. The topological polar surface area (TPSA) is 67.2 Å². The molecule has 0 aliphatic rings. The van der Waals surface area contributed by atoms with Gasteiger partial charge in [-0.1, -0.05) is 6.07 Å². The van der Waals surface area contributed by atoms with Crippen molar-refractivity contribution in [2.24, 2.45) is 7.05 Å². The molecule has 0 amide bonds. The zero-order chi connectivity index (χ0) is 13.1. The van der Waals surface area contributed by atoms with Crippen LogP contribution in [0.1, 0.15) is 21.6 Å². The number of carboxylic acid groups (broad SMARTS) is 1. The van der Waals surface area contributed by atoms with Gasteiger partial charge < -0.3 is 10.4 Å². The summed E-state index contributed by atoms with van der Waals surface area (Å²) in [6.07, 6.45) is 1.87. The van der Waals surface area contributed by atoms with Crippen molar-refractivity contribution in [3.8, 4) is 0 Å². The van der Waals surface area contributed by atoms with Gasteiger partial charge in [0.1, 0.15) is 0 Å². The lowest BCUT2D eigenvalue weighted by atomic mass is 10.1. The van der Waals surface area contributed by atoms with E-state index in [1.807, 2.05) is 26.2 Å². The second kappa shape index (κ2) is 4.91. The summed E-state index contributed by atoms with van der Waals surface area (Å²) in [7, 11) is 1.86. The van der Waals surface area contributed by atoms with Crippen molar-refractivity contribution >= 4 is 11.7 Å². The van der Waals surface area contributed by atoms with Gasteiger partial charge in [-0.05, 0) is 30.7 Å². The minimum Gasteiger partial charge on any atom is -0.478 e. The van der Waals surface area contributed by atoms with Gasteiger partial charge in [0, 0.05) is 18.9 Å². The van der Waals surface area contributed by atoms with Crippen LogP contribution in [0.25, 0.3) is 0 Å². The molecule has 1 aromatic carbocycles. The highest BCUT2D eigenvalue weighted by atomic mass is 16.4. The van der Waals surface area contributed by atoms with Crippen LogP contribution >= 0.6 is 0 Å². The van der Waals surface area contributed by atoms with Gasteiger partial charge in [0.25, 0.3) is 0 Å². The van der Waals surface area contributed by atoms with Crippen molar-refractivity contribution in [2.45, 2.75) is 13.5 Å². The largest absolute Gasteiger partial charge is 0.478 e. The summed E-state index contributed by atoms with van der Waals surface area (Å²) >= 11 is 0. The third-order valence-electron chi connectivity index (χ3n) is 2.71. The number of nitrogens with zero attached hydrogens (tertiary/aromatic N) is 2. The molecule has 0 unspecified atom stereocenters. The molecular formula is C13H15N3O2. The SMILES string of the molecule is Cc1ccc(C(=O)O)cc1NCc1ccn(C)n1. The summed E-state index contributed by atoms with van der Waals surface area (Å²) in [6.45, 7) is 2.51. The molecule has 2 N–H and O–H groups in total. The fourth-order valence-corrected chi connectivity index (χ4v) is 1.69. The Labute approximate surface area is 105 Å². The lowest BCUT2D eigenvalue weighted by Gasteiger charge is -2.09. The molecule has 0 aliphatic carbocycles. The number of carboxylic acids is 1. The number of anilines is 1. The molecule has 0 radical (unpaired) electrons. The van der Waals surface area contributed by atoms with E-state index in [2.05, 4.69) is 10.4 Å². The van der Waals surface area contributed by atoms with Crippen LogP contribution in [-0.4, -0.2) is 20.9 Å². The van der Waals surface area contributed by atoms with Crippen LogP contribution in [0.4, 0.5) is 5.69 Å². The Balaban J connectivity index is 2.13. The molecule has 18 heavy (non-hydrogen) atoms. The molecule has 0 saturated heterocycles. The standard InChI is InChI=1S/C13H15N3O2/c1-9-3-4-10(13(17)18)7-12(9)14-8-11-5-6-16(2)15-11/h3-7,14H,8H2,1-2H3,(H,17,18). The number of aromatic carboxylic acids is 1. The Kier molecular flexibility index (Phi) is 3.32. The van der Waals surface area contributed by atoms with Crippen LogP contribution in [0.3, 0.4) is 0 Å². The highest BCUT2D eigenvalue weighted by molar-refractivity contribution is 5.89. The number of aromatic nitrogens is 2. The van der Waals surface area contributed by atoms with Crippen molar-refractivity contribution in [3.05, 3.63) is 47.3 Å². The fourth-order valence-electron chi connectivity index (χ4n) is 1.69. The minimum absolute atomic E-state index is 0.282. The van der Waals surface area contributed by atoms with Gasteiger partial charge >= 0.3 is 5.97 Å². The Morgan fingerprint density at radius 2 is 2.22 bits per heavy atom. The van der Waals surface area contributed by atoms with Crippen LogP contribution in [-0.2, 0) is 13.6 Å². The monoisotopic (exact) mass is 245 g/mol. The summed E-state index contributed by atoms with van der Waals surface area (Å²) in [6, 6.07) is 6.96. The second-order valence-electron chi connectivity index (χ2n) is 4.17. The summed E-state index contributed by atoms with van der Waals surface area (Å²) in [4.78, 5) is 10.9. The van der Waals surface area contributed by atoms with Crippen molar-refractivity contribution in [1.82, 2.24) is 9.78 Å². The van der Waals surface area contributed by atoms with Crippen molar-refractivity contribution in [3.63, 3.8) is 0 Å². The Bertz CT molecular complexity index is 575. The van der Waals surface area contributed by atoms with Crippen molar-refractivity contribution in [2.75, 3.05) is 5.32 Å². The van der Waals surface area contributed by atoms with Gasteiger partial charge in [0.2, 0.25) is 0 Å². The molecule has 2 aromatic rings. The molecule has 0 fully saturated rings. The first-order valence-corrected chi connectivity index (χ1v) is 5.62. The van der Waals surface area contributed by atoms with E-state index >= 15 is 0 Å². The van der Waals surface area contributed by atoms with Crippen molar-refractivity contribution < 1.29 is 9.90 Å². The van der Waals surface area contributed by atoms with Crippen molar-refractivity contribution in [1.29, 1.82) is 0 Å². The number of carbonyl (C=O) groups is 1. The number of hydrogen-bond donors (Lipinski definition) is 2. The predicted molar refractivity (Wildman–Crippen MR) is 68.7 cm³/mol. The summed E-state index contributed by atoms with van der Waals surface area (Å²) < 4.78 is 1.73. The maximum Gasteiger partial charge on any atom is 0.335 e. The zero-order valence-corrected chi connectivity index (χ0v) is 10.3. The maximum absolute atomic E-state index is 10.9. The average Bonchev–Trinajstić information content (AvgIpc) is 2.74. The predicted octanol–water partition coefficient (Wildman–Crippen LogP) is 2.04. The van der Waals surface area contributed by atoms with E-state index in [4.69, 9.17) is 5.11 Å². The molecule has 5 nitrogen and oxygen atoms in total. The quantitative estimate of drug-likeness (QED) is 0.865. The molecule has 0 atom stereocenters. The minimum atomic E-state index is -0.920. The van der Waals surface area contributed by atoms with Gasteiger partial charge in [0.05, 0.1) is 17.8 Å². The molecule has 0 aliphatic heterocycles. The highest BCUT2D eigenvalue weighted by Crippen LogP contribution is 2.17. The Morgan fingerprint density at radius 1 is 1.44 bits per heavy atom. The van der Waals surface area contributed by atoms with E-state index in [-0.39, 0.29) is 5.56 Å². The van der Waals surface area contributed by atoms with Crippen LogP contribution in [0.5, 0.6) is 0 Å². The molecule has 0 saturated carbocycles. The molecule has 0 bridgehead atoms. The van der Waals surface area contributed by atoms with Gasteiger partial charge in [-0.25, -0.2) is 4.79 Å². The third kappa shape index (κ3) is 2.68. The number of aryl methyl sites for hydroxylation is 2. The molecule has 5 heteroatoms. The Hall–Kier alpha value is -2.30. The molecule has 1 heterocycles. The van der Waals surface area contributed by atoms with Gasteiger partial charge in [-0.15, -0.1) is 0 Å². The van der Waals surface area contributed by atoms with E-state index in [1.54, 1.807) is 22.9 Å². The molecular weight excluding hydrogens is 230 g/mol. The summed E-state index contributed by atoms with van der Waals surface area (Å²) in [5.41, 5.74) is 3.03. The van der Waals surface area contributed by atoms with Crippen LogP contribution in [0, 0.1) is 6.92 Å². The first kappa shape index (κ1) is 12.2. The normalized spacial score (nSPS) is 10.3. The van der Waals surface area contributed by atoms with Crippen LogP contribution in [0.15, 0.2) is 30.5 Å². The second-order valence-corrected chi connectivity index (χ2v) is 4.17.